The third kappa shape index (κ3) is 2.95. The quantitative estimate of drug-likeness (QED) is 0.647. The topological polar surface area (TPSA) is 3.24 Å². The molecule has 2 heterocycles. The van der Waals surface area contributed by atoms with Crippen LogP contribution in [0.3, 0.4) is 0 Å². The molecule has 26 heavy (non-hydrogen) atoms. The molecule has 2 heteroatoms. The predicted molar refractivity (Wildman–Crippen MR) is 110 cm³/mol. The van der Waals surface area contributed by atoms with E-state index < -0.39 is 0 Å². The smallest absolute Gasteiger partial charge is 0.0395 e. The molecule has 1 nitrogen and oxygen atoms in total. The average Bonchev–Trinajstić information content (AvgIpc) is 2.67. The zero-order valence-electron chi connectivity index (χ0n) is 15.3. The summed E-state index contributed by atoms with van der Waals surface area (Å²) in [6.07, 6.45) is 6.12. The van der Waals surface area contributed by atoms with E-state index in [0.29, 0.717) is 12.0 Å². The molecule has 0 fully saturated rings. The lowest BCUT2D eigenvalue weighted by Crippen LogP contribution is -2.40. The number of rotatable bonds is 2. The largest absolute Gasteiger partial charge is 0.292 e. The summed E-state index contributed by atoms with van der Waals surface area (Å²) >= 11 is 1.96. The molecule has 2 atom stereocenters. The number of hydrogen-bond donors (Lipinski definition) is 0. The predicted octanol–water partition coefficient (Wildman–Crippen LogP) is 6.00. The molecule has 2 aromatic carbocycles. The Morgan fingerprint density at radius 3 is 2.65 bits per heavy atom. The zero-order valence-corrected chi connectivity index (χ0v) is 16.1. The molecule has 0 unspecified atom stereocenters. The molecule has 3 aliphatic rings. The second-order valence-electron chi connectivity index (χ2n) is 7.85. The normalized spacial score (nSPS) is 25.2. The van der Waals surface area contributed by atoms with Gasteiger partial charge in [0, 0.05) is 28.9 Å². The van der Waals surface area contributed by atoms with Gasteiger partial charge in [0.05, 0.1) is 0 Å². The van der Waals surface area contributed by atoms with Crippen LogP contribution in [0.1, 0.15) is 36.9 Å². The molecule has 5 rings (SSSR count). The summed E-state index contributed by atoms with van der Waals surface area (Å²) in [6, 6.07) is 20.5. The Balaban J connectivity index is 1.49. The van der Waals surface area contributed by atoms with Crippen LogP contribution in [0.5, 0.6) is 0 Å². The fourth-order valence-electron chi connectivity index (χ4n) is 4.79. The zero-order chi connectivity index (χ0) is 17.5. The molecule has 0 aromatic heterocycles. The molecular formula is C24H25NS. The molecule has 0 saturated heterocycles. The van der Waals surface area contributed by atoms with Crippen LogP contribution in [0.15, 0.2) is 81.6 Å². The van der Waals surface area contributed by atoms with Crippen LogP contribution >= 0.6 is 11.8 Å². The Kier molecular flexibility index (Phi) is 4.26. The fraction of sp³-hybridized carbons (Fsp3) is 0.333. The van der Waals surface area contributed by atoms with Crippen LogP contribution in [0.4, 0.5) is 0 Å². The minimum Gasteiger partial charge on any atom is -0.292 e. The van der Waals surface area contributed by atoms with Crippen molar-refractivity contribution in [1.29, 1.82) is 0 Å². The van der Waals surface area contributed by atoms with Crippen molar-refractivity contribution in [2.75, 3.05) is 13.1 Å². The van der Waals surface area contributed by atoms with Crippen molar-refractivity contribution in [3.05, 3.63) is 87.9 Å². The summed E-state index contributed by atoms with van der Waals surface area (Å²) in [5.74, 6) is 0.647. The monoisotopic (exact) mass is 359 g/mol. The van der Waals surface area contributed by atoms with Gasteiger partial charge in [0.1, 0.15) is 0 Å². The Morgan fingerprint density at radius 2 is 1.77 bits per heavy atom. The number of nitrogens with zero attached hydrogens (tertiary/aromatic N) is 1. The standard InChI is InChI=1S/C24H25NS/c1-17-13-19-16-25-12-11-18-7-5-6-10-21(18)23(25)15-22(19)24(14-17)26-20-8-3-2-4-9-20/h2-10,14,17,23H,11-13,15-16H2,1H3/t17-,23-/m1/s1. The van der Waals surface area contributed by atoms with Gasteiger partial charge in [-0.25, -0.2) is 0 Å². The highest BCUT2D eigenvalue weighted by Crippen LogP contribution is 2.48. The van der Waals surface area contributed by atoms with E-state index in [2.05, 4.69) is 72.5 Å². The first-order valence-corrected chi connectivity index (χ1v) is 10.6. The van der Waals surface area contributed by atoms with E-state index in [-0.39, 0.29) is 0 Å². The second kappa shape index (κ2) is 6.75. The van der Waals surface area contributed by atoms with Crippen molar-refractivity contribution in [3.8, 4) is 0 Å². The lowest BCUT2D eigenvalue weighted by Gasteiger charge is -2.44. The van der Waals surface area contributed by atoms with Gasteiger partial charge >= 0.3 is 0 Å². The summed E-state index contributed by atoms with van der Waals surface area (Å²) in [4.78, 5) is 5.59. The molecule has 2 aromatic rings. The molecule has 132 valence electrons. The van der Waals surface area contributed by atoms with E-state index in [1.54, 1.807) is 22.3 Å². The maximum atomic E-state index is 2.73. The SMILES string of the molecule is C[C@H]1C=C(Sc2ccccc2)C2=C(C1)CN1CCc3ccccc3[C@H]1C2. The van der Waals surface area contributed by atoms with Crippen molar-refractivity contribution in [3.63, 3.8) is 0 Å². The maximum Gasteiger partial charge on any atom is 0.0395 e. The number of allylic oxidation sites excluding steroid dienone is 2. The molecule has 0 radical (unpaired) electrons. The Morgan fingerprint density at radius 1 is 0.962 bits per heavy atom. The molecule has 0 bridgehead atoms. The number of fused-ring (bicyclic) bond motifs is 3. The van der Waals surface area contributed by atoms with Gasteiger partial charge in [-0.2, -0.15) is 0 Å². The van der Waals surface area contributed by atoms with Gasteiger partial charge in [-0.1, -0.05) is 72.8 Å². The van der Waals surface area contributed by atoms with Gasteiger partial charge in [0.15, 0.2) is 0 Å². The van der Waals surface area contributed by atoms with Crippen LogP contribution in [-0.4, -0.2) is 18.0 Å². The van der Waals surface area contributed by atoms with E-state index in [1.165, 1.54) is 35.6 Å². The minimum atomic E-state index is 0.562. The van der Waals surface area contributed by atoms with Crippen LogP contribution in [0.2, 0.25) is 0 Å². The van der Waals surface area contributed by atoms with Gasteiger partial charge in [0.2, 0.25) is 0 Å². The Hall–Kier alpha value is -1.77. The highest BCUT2D eigenvalue weighted by molar-refractivity contribution is 8.03. The number of benzene rings is 2. The highest BCUT2D eigenvalue weighted by Gasteiger charge is 2.35. The molecular weight excluding hydrogens is 334 g/mol. The molecule has 1 aliphatic carbocycles. The van der Waals surface area contributed by atoms with Crippen LogP contribution in [0, 0.1) is 5.92 Å². The third-order valence-electron chi connectivity index (χ3n) is 6.01. The average molecular weight is 360 g/mol. The maximum absolute atomic E-state index is 2.73. The summed E-state index contributed by atoms with van der Waals surface area (Å²) in [7, 11) is 0. The van der Waals surface area contributed by atoms with Crippen molar-refractivity contribution < 1.29 is 0 Å². The lowest BCUT2D eigenvalue weighted by molar-refractivity contribution is 0.184. The van der Waals surface area contributed by atoms with Gasteiger partial charge < -0.3 is 0 Å². The first-order chi connectivity index (χ1) is 12.8. The van der Waals surface area contributed by atoms with Crippen molar-refractivity contribution in [2.24, 2.45) is 5.92 Å². The molecule has 0 amide bonds. The Bertz CT molecular complexity index is 880. The van der Waals surface area contributed by atoms with Crippen molar-refractivity contribution in [1.82, 2.24) is 4.90 Å². The molecule has 2 aliphatic heterocycles. The molecule has 0 spiro atoms. The van der Waals surface area contributed by atoms with E-state index in [4.69, 9.17) is 0 Å². The first kappa shape index (κ1) is 16.4. The van der Waals surface area contributed by atoms with E-state index in [9.17, 15) is 0 Å². The number of hydrogen-bond acceptors (Lipinski definition) is 2. The number of thioether (sulfide) groups is 1. The molecule has 0 N–H and O–H groups in total. The van der Waals surface area contributed by atoms with Gasteiger partial charge in [-0.15, -0.1) is 0 Å². The van der Waals surface area contributed by atoms with Crippen LogP contribution in [-0.2, 0) is 6.42 Å². The minimum absolute atomic E-state index is 0.562. The fourth-order valence-corrected chi connectivity index (χ4v) is 5.99. The summed E-state index contributed by atoms with van der Waals surface area (Å²) in [5.41, 5.74) is 6.44. The van der Waals surface area contributed by atoms with E-state index in [0.717, 1.165) is 6.54 Å². The summed E-state index contributed by atoms with van der Waals surface area (Å²) in [5, 5.41) is 0. The molecule has 0 saturated carbocycles. The van der Waals surface area contributed by atoms with Crippen molar-refractivity contribution in [2.45, 2.75) is 37.1 Å². The van der Waals surface area contributed by atoms with Gasteiger partial charge in [-0.05, 0) is 54.0 Å². The Labute approximate surface area is 160 Å². The van der Waals surface area contributed by atoms with Crippen LogP contribution in [0.25, 0.3) is 0 Å². The van der Waals surface area contributed by atoms with Gasteiger partial charge in [-0.3, -0.25) is 4.90 Å². The van der Waals surface area contributed by atoms with E-state index in [1.807, 2.05) is 11.8 Å². The van der Waals surface area contributed by atoms with Crippen LogP contribution < -0.4 is 0 Å². The third-order valence-corrected chi connectivity index (χ3v) is 7.12. The van der Waals surface area contributed by atoms with E-state index >= 15 is 0 Å². The lowest BCUT2D eigenvalue weighted by atomic mass is 9.79. The van der Waals surface area contributed by atoms with Gasteiger partial charge in [0.25, 0.3) is 0 Å². The van der Waals surface area contributed by atoms with Crippen molar-refractivity contribution >= 4 is 11.8 Å². The second-order valence-corrected chi connectivity index (χ2v) is 8.96. The first-order valence-electron chi connectivity index (χ1n) is 9.76. The summed E-state index contributed by atoms with van der Waals surface area (Å²) in [6.45, 7) is 4.73. The highest BCUT2D eigenvalue weighted by atomic mass is 32.2. The summed E-state index contributed by atoms with van der Waals surface area (Å²) < 4.78 is 0.